The molecule has 0 heterocycles. The number of methoxy groups -OCH3 is 2. The number of benzene rings is 1. The Hall–Kier alpha value is -2.28. The molecule has 0 fully saturated rings. The van der Waals surface area contributed by atoms with Crippen LogP contribution in [0.3, 0.4) is 0 Å². The van der Waals surface area contributed by atoms with Gasteiger partial charge in [-0.05, 0) is 17.7 Å². The predicted octanol–water partition coefficient (Wildman–Crippen LogP) is 0.383. The highest BCUT2D eigenvalue weighted by atomic mass is 16.5. The fourth-order valence-corrected chi connectivity index (χ4v) is 1.80. The Labute approximate surface area is 123 Å². The van der Waals surface area contributed by atoms with E-state index in [0.717, 1.165) is 5.56 Å². The van der Waals surface area contributed by atoms with Crippen molar-refractivity contribution in [1.82, 2.24) is 10.6 Å². The van der Waals surface area contributed by atoms with Crippen LogP contribution in [0.4, 0.5) is 0 Å². The molecule has 1 amide bonds. The van der Waals surface area contributed by atoms with Crippen LogP contribution in [0, 0.1) is 0 Å². The lowest BCUT2D eigenvalue weighted by molar-refractivity contribution is -0.141. The molecule has 0 aliphatic rings. The number of nitrogens with one attached hydrogen (secondary N) is 2. The maximum absolute atomic E-state index is 11.0. The number of carboxylic acids is 1. The first-order valence-corrected chi connectivity index (χ1v) is 6.39. The molecule has 0 saturated carbocycles. The van der Waals surface area contributed by atoms with E-state index in [1.807, 2.05) is 6.07 Å². The highest BCUT2D eigenvalue weighted by Crippen LogP contribution is 2.27. The Morgan fingerprint density at radius 1 is 1.24 bits per heavy atom. The standard InChI is InChI=1S/C14H20N2O5/c1-9(17)16-11(14(18)19)8-15-7-10-4-5-12(20-2)13(6-10)21-3/h4-6,11,15H,7-8H2,1-3H3,(H,16,17)(H,18,19). The van der Waals surface area contributed by atoms with Crippen LogP contribution < -0.4 is 20.1 Å². The zero-order chi connectivity index (χ0) is 15.8. The lowest BCUT2D eigenvalue weighted by atomic mass is 10.2. The van der Waals surface area contributed by atoms with Crippen molar-refractivity contribution in [3.8, 4) is 11.5 Å². The van der Waals surface area contributed by atoms with Crippen molar-refractivity contribution in [2.45, 2.75) is 19.5 Å². The second kappa shape index (κ2) is 8.11. The number of amides is 1. The summed E-state index contributed by atoms with van der Waals surface area (Å²) >= 11 is 0. The van der Waals surface area contributed by atoms with Gasteiger partial charge in [-0.15, -0.1) is 0 Å². The first-order chi connectivity index (χ1) is 9.97. The van der Waals surface area contributed by atoms with Gasteiger partial charge in [0.05, 0.1) is 14.2 Å². The molecule has 116 valence electrons. The minimum atomic E-state index is -1.08. The van der Waals surface area contributed by atoms with Gasteiger partial charge in [0, 0.05) is 20.0 Å². The molecule has 1 unspecified atom stereocenters. The number of hydrogen-bond acceptors (Lipinski definition) is 5. The molecule has 7 nitrogen and oxygen atoms in total. The van der Waals surface area contributed by atoms with Crippen molar-refractivity contribution in [3.63, 3.8) is 0 Å². The zero-order valence-electron chi connectivity index (χ0n) is 12.3. The molecule has 3 N–H and O–H groups in total. The molecular formula is C14H20N2O5. The van der Waals surface area contributed by atoms with E-state index in [0.29, 0.717) is 18.0 Å². The van der Waals surface area contributed by atoms with Gasteiger partial charge in [0.1, 0.15) is 6.04 Å². The maximum Gasteiger partial charge on any atom is 0.327 e. The first-order valence-electron chi connectivity index (χ1n) is 6.39. The van der Waals surface area contributed by atoms with Crippen molar-refractivity contribution in [1.29, 1.82) is 0 Å². The first kappa shape index (κ1) is 16.8. The molecule has 0 aliphatic carbocycles. The molecule has 0 saturated heterocycles. The Kier molecular flexibility index (Phi) is 6.48. The lowest BCUT2D eigenvalue weighted by Crippen LogP contribution is -2.46. The second-order valence-electron chi connectivity index (χ2n) is 4.41. The smallest absolute Gasteiger partial charge is 0.327 e. The molecule has 0 spiro atoms. The molecule has 0 bridgehead atoms. The van der Waals surface area contributed by atoms with Crippen molar-refractivity contribution in [3.05, 3.63) is 23.8 Å². The summed E-state index contributed by atoms with van der Waals surface area (Å²) in [5.41, 5.74) is 0.916. The molecular weight excluding hydrogens is 276 g/mol. The van der Waals surface area contributed by atoms with Crippen LogP contribution in [0.25, 0.3) is 0 Å². The zero-order valence-corrected chi connectivity index (χ0v) is 12.3. The van der Waals surface area contributed by atoms with Crippen LogP contribution in [0.15, 0.2) is 18.2 Å². The Bertz CT molecular complexity index is 504. The number of aliphatic carboxylic acids is 1. The van der Waals surface area contributed by atoms with Gasteiger partial charge in [-0.25, -0.2) is 4.79 Å². The van der Waals surface area contributed by atoms with E-state index >= 15 is 0 Å². The Morgan fingerprint density at radius 3 is 2.43 bits per heavy atom. The summed E-state index contributed by atoms with van der Waals surface area (Å²) in [4.78, 5) is 21.9. The number of carbonyl (C=O) groups excluding carboxylic acids is 1. The van der Waals surface area contributed by atoms with Gasteiger partial charge < -0.3 is 25.2 Å². The highest BCUT2D eigenvalue weighted by Gasteiger charge is 2.17. The molecule has 0 aliphatic heterocycles. The van der Waals surface area contributed by atoms with Gasteiger partial charge in [0.25, 0.3) is 0 Å². The number of carbonyl (C=O) groups is 2. The van der Waals surface area contributed by atoms with Crippen molar-refractivity contribution in [2.75, 3.05) is 20.8 Å². The normalized spacial score (nSPS) is 11.6. The van der Waals surface area contributed by atoms with Gasteiger partial charge in [0.15, 0.2) is 11.5 Å². The van der Waals surface area contributed by atoms with Crippen molar-refractivity contribution in [2.24, 2.45) is 0 Å². The van der Waals surface area contributed by atoms with Crippen molar-refractivity contribution >= 4 is 11.9 Å². The van der Waals surface area contributed by atoms with E-state index in [2.05, 4.69) is 10.6 Å². The molecule has 1 aromatic rings. The monoisotopic (exact) mass is 296 g/mol. The summed E-state index contributed by atoms with van der Waals surface area (Å²) in [5, 5.41) is 14.3. The number of carboxylic acid groups (broad SMARTS) is 1. The summed E-state index contributed by atoms with van der Waals surface area (Å²) in [7, 11) is 3.10. The topological polar surface area (TPSA) is 96.9 Å². The minimum absolute atomic E-state index is 0.128. The van der Waals surface area contributed by atoms with E-state index < -0.39 is 12.0 Å². The largest absolute Gasteiger partial charge is 0.493 e. The molecule has 7 heteroatoms. The third-order valence-electron chi connectivity index (χ3n) is 2.80. The van der Waals surface area contributed by atoms with E-state index in [9.17, 15) is 9.59 Å². The van der Waals surface area contributed by atoms with Crippen LogP contribution >= 0.6 is 0 Å². The van der Waals surface area contributed by atoms with Crippen LogP contribution in [0.5, 0.6) is 11.5 Å². The van der Waals surface area contributed by atoms with Gasteiger partial charge in [-0.3, -0.25) is 4.79 Å². The number of hydrogen-bond donors (Lipinski definition) is 3. The van der Waals surface area contributed by atoms with Crippen LogP contribution in [-0.4, -0.2) is 43.8 Å². The maximum atomic E-state index is 11.0. The third-order valence-corrected chi connectivity index (χ3v) is 2.80. The van der Waals surface area contributed by atoms with Gasteiger partial charge >= 0.3 is 5.97 Å². The molecule has 1 aromatic carbocycles. The van der Waals surface area contributed by atoms with E-state index in [1.165, 1.54) is 6.92 Å². The fourth-order valence-electron chi connectivity index (χ4n) is 1.80. The average molecular weight is 296 g/mol. The second-order valence-corrected chi connectivity index (χ2v) is 4.41. The van der Waals surface area contributed by atoms with E-state index in [1.54, 1.807) is 26.4 Å². The van der Waals surface area contributed by atoms with Gasteiger partial charge in [-0.2, -0.15) is 0 Å². The summed E-state index contributed by atoms with van der Waals surface area (Å²) in [5.74, 6) is -0.225. The van der Waals surface area contributed by atoms with E-state index in [-0.39, 0.29) is 12.5 Å². The lowest BCUT2D eigenvalue weighted by Gasteiger charge is -2.14. The summed E-state index contributed by atoms with van der Waals surface area (Å²) in [6.45, 7) is 1.86. The average Bonchev–Trinajstić information content (AvgIpc) is 2.45. The third kappa shape index (κ3) is 5.31. The minimum Gasteiger partial charge on any atom is -0.493 e. The number of ether oxygens (including phenoxy) is 2. The summed E-state index contributed by atoms with van der Waals surface area (Å²) < 4.78 is 10.3. The molecule has 21 heavy (non-hydrogen) atoms. The van der Waals surface area contributed by atoms with Crippen LogP contribution in [0.1, 0.15) is 12.5 Å². The Morgan fingerprint density at radius 2 is 1.90 bits per heavy atom. The van der Waals surface area contributed by atoms with Crippen LogP contribution in [-0.2, 0) is 16.1 Å². The summed E-state index contributed by atoms with van der Waals surface area (Å²) in [6, 6.07) is 4.48. The van der Waals surface area contributed by atoms with Gasteiger partial charge in [0.2, 0.25) is 5.91 Å². The van der Waals surface area contributed by atoms with Gasteiger partial charge in [-0.1, -0.05) is 6.07 Å². The van der Waals surface area contributed by atoms with Crippen molar-refractivity contribution < 1.29 is 24.2 Å². The molecule has 1 rings (SSSR count). The van der Waals surface area contributed by atoms with E-state index in [4.69, 9.17) is 14.6 Å². The number of rotatable bonds is 8. The highest BCUT2D eigenvalue weighted by molar-refractivity contribution is 5.82. The fraction of sp³-hybridized carbons (Fsp3) is 0.429. The molecule has 1 atom stereocenters. The summed E-state index contributed by atoms with van der Waals surface area (Å²) in [6.07, 6.45) is 0. The SMILES string of the molecule is COc1ccc(CNCC(NC(C)=O)C(=O)O)cc1OC. The molecule has 0 aromatic heterocycles. The Balaban J connectivity index is 2.58. The predicted molar refractivity (Wildman–Crippen MR) is 76.5 cm³/mol. The quantitative estimate of drug-likeness (QED) is 0.642. The molecule has 0 radical (unpaired) electrons. The van der Waals surface area contributed by atoms with Crippen LogP contribution in [0.2, 0.25) is 0 Å².